The van der Waals surface area contributed by atoms with E-state index in [2.05, 4.69) is 0 Å². The first-order valence-electron chi connectivity index (χ1n) is 6.88. The Labute approximate surface area is 131 Å². The van der Waals surface area contributed by atoms with Crippen LogP contribution in [0.3, 0.4) is 0 Å². The third kappa shape index (κ3) is 3.26. The van der Waals surface area contributed by atoms with E-state index in [1.54, 1.807) is 18.2 Å². The summed E-state index contributed by atoms with van der Waals surface area (Å²) in [7, 11) is -3.52. The summed E-state index contributed by atoms with van der Waals surface area (Å²) < 4.78 is 32.5. The van der Waals surface area contributed by atoms with Crippen molar-refractivity contribution in [2.24, 2.45) is 5.73 Å². The highest BCUT2D eigenvalue weighted by atomic mass is 32.2. The van der Waals surface area contributed by atoms with E-state index in [9.17, 15) is 8.42 Å². The molecule has 7 heteroatoms. The van der Waals surface area contributed by atoms with Crippen LogP contribution >= 0.6 is 12.2 Å². The average molecular weight is 328 g/mol. The van der Waals surface area contributed by atoms with Crippen LogP contribution in [-0.4, -0.2) is 43.5 Å². The van der Waals surface area contributed by atoms with Crippen molar-refractivity contribution in [3.05, 3.63) is 29.3 Å². The van der Waals surface area contributed by atoms with Gasteiger partial charge in [-0.15, -0.1) is 0 Å². The molecule has 1 aromatic carbocycles. The SMILES string of the molecule is CCC1COCCN1S(=O)(=O)c1ccc(C(N)=S)c(C)c1. The molecule has 0 saturated carbocycles. The second-order valence-corrected chi connectivity index (χ2v) is 7.42. The number of hydrogen-bond donors (Lipinski definition) is 1. The highest BCUT2D eigenvalue weighted by Crippen LogP contribution is 2.24. The highest BCUT2D eigenvalue weighted by Gasteiger charge is 2.33. The largest absolute Gasteiger partial charge is 0.389 e. The average Bonchev–Trinajstić information content (AvgIpc) is 2.46. The van der Waals surface area contributed by atoms with Crippen LogP contribution < -0.4 is 5.73 Å². The van der Waals surface area contributed by atoms with Crippen molar-refractivity contribution < 1.29 is 13.2 Å². The van der Waals surface area contributed by atoms with Gasteiger partial charge < -0.3 is 10.5 Å². The molecule has 1 atom stereocenters. The Balaban J connectivity index is 2.39. The summed E-state index contributed by atoms with van der Waals surface area (Å²) >= 11 is 4.95. The number of hydrogen-bond acceptors (Lipinski definition) is 4. The zero-order valence-corrected chi connectivity index (χ0v) is 13.8. The minimum atomic E-state index is -3.52. The van der Waals surface area contributed by atoms with Crippen LogP contribution in [0, 0.1) is 6.92 Å². The molecule has 2 rings (SSSR count). The Morgan fingerprint density at radius 3 is 2.81 bits per heavy atom. The predicted molar refractivity (Wildman–Crippen MR) is 85.9 cm³/mol. The van der Waals surface area contributed by atoms with Crippen LogP contribution in [0.1, 0.15) is 24.5 Å². The Bertz CT molecular complexity index is 644. The van der Waals surface area contributed by atoms with Gasteiger partial charge >= 0.3 is 0 Å². The maximum atomic E-state index is 12.8. The summed E-state index contributed by atoms with van der Waals surface area (Å²) in [5.74, 6) is 0. The number of nitrogens with zero attached hydrogens (tertiary/aromatic N) is 1. The first-order valence-corrected chi connectivity index (χ1v) is 8.72. The predicted octanol–water partition coefficient (Wildman–Crippen LogP) is 1.43. The van der Waals surface area contributed by atoms with E-state index in [4.69, 9.17) is 22.7 Å². The van der Waals surface area contributed by atoms with Crippen LogP contribution in [0.5, 0.6) is 0 Å². The first-order chi connectivity index (χ1) is 9.87. The Morgan fingerprint density at radius 2 is 2.24 bits per heavy atom. The Kier molecular flexibility index (Phi) is 4.98. The lowest BCUT2D eigenvalue weighted by molar-refractivity contribution is 0.0314. The first kappa shape index (κ1) is 16.4. The van der Waals surface area contributed by atoms with Gasteiger partial charge in [0.05, 0.1) is 18.1 Å². The van der Waals surface area contributed by atoms with Gasteiger partial charge in [-0.05, 0) is 31.0 Å². The van der Waals surface area contributed by atoms with Crippen LogP contribution in [-0.2, 0) is 14.8 Å². The molecule has 1 aliphatic rings. The maximum absolute atomic E-state index is 12.8. The number of nitrogens with two attached hydrogens (primary N) is 1. The van der Waals surface area contributed by atoms with Gasteiger partial charge in [-0.25, -0.2) is 8.42 Å². The van der Waals surface area contributed by atoms with Crippen LogP contribution in [0.15, 0.2) is 23.1 Å². The number of morpholine rings is 1. The molecular formula is C14H20N2O3S2. The molecule has 1 unspecified atom stereocenters. The molecule has 1 fully saturated rings. The summed E-state index contributed by atoms with van der Waals surface area (Å²) in [5, 5.41) is 0. The van der Waals surface area contributed by atoms with E-state index in [-0.39, 0.29) is 15.9 Å². The fraction of sp³-hybridized carbons (Fsp3) is 0.500. The number of benzene rings is 1. The van der Waals surface area contributed by atoms with E-state index in [0.717, 1.165) is 12.0 Å². The third-order valence-corrected chi connectivity index (χ3v) is 5.88. The second kappa shape index (κ2) is 6.39. The number of rotatable bonds is 4. The molecule has 1 aromatic rings. The van der Waals surface area contributed by atoms with E-state index in [1.807, 2.05) is 13.8 Å². The van der Waals surface area contributed by atoms with Crippen molar-refractivity contribution >= 4 is 27.2 Å². The van der Waals surface area contributed by atoms with Crippen LogP contribution in [0.25, 0.3) is 0 Å². The Morgan fingerprint density at radius 1 is 1.52 bits per heavy atom. The van der Waals surface area contributed by atoms with E-state index in [1.165, 1.54) is 4.31 Å². The zero-order valence-electron chi connectivity index (χ0n) is 12.2. The van der Waals surface area contributed by atoms with E-state index >= 15 is 0 Å². The molecule has 1 aliphatic heterocycles. The summed E-state index contributed by atoms with van der Waals surface area (Å²) in [6, 6.07) is 4.76. The molecule has 21 heavy (non-hydrogen) atoms. The molecule has 116 valence electrons. The fourth-order valence-corrected chi connectivity index (χ4v) is 4.47. The molecule has 0 aromatic heterocycles. The monoisotopic (exact) mass is 328 g/mol. The van der Waals surface area contributed by atoms with Crippen molar-refractivity contribution in [3.63, 3.8) is 0 Å². The molecule has 1 saturated heterocycles. The highest BCUT2D eigenvalue weighted by molar-refractivity contribution is 7.89. The van der Waals surface area contributed by atoms with Crippen molar-refractivity contribution in [2.45, 2.75) is 31.2 Å². The summed E-state index contributed by atoms with van der Waals surface area (Å²) in [6.45, 7) is 5.03. The van der Waals surface area contributed by atoms with Crippen molar-refractivity contribution in [1.29, 1.82) is 0 Å². The van der Waals surface area contributed by atoms with Crippen molar-refractivity contribution in [2.75, 3.05) is 19.8 Å². The van der Waals surface area contributed by atoms with Gasteiger partial charge in [0.15, 0.2) is 0 Å². The Hall–Kier alpha value is -1.02. The molecule has 0 aliphatic carbocycles. The molecule has 0 bridgehead atoms. The van der Waals surface area contributed by atoms with Gasteiger partial charge in [-0.2, -0.15) is 4.31 Å². The number of ether oxygens (including phenoxy) is 1. The molecule has 0 spiro atoms. The van der Waals surface area contributed by atoms with Gasteiger partial charge in [0.25, 0.3) is 0 Å². The van der Waals surface area contributed by atoms with Gasteiger partial charge in [0, 0.05) is 18.2 Å². The lowest BCUT2D eigenvalue weighted by atomic mass is 10.1. The lowest BCUT2D eigenvalue weighted by Gasteiger charge is -2.34. The zero-order chi connectivity index (χ0) is 15.6. The molecule has 5 nitrogen and oxygen atoms in total. The van der Waals surface area contributed by atoms with Gasteiger partial charge in [-0.3, -0.25) is 0 Å². The van der Waals surface area contributed by atoms with Gasteiger partial charge in [0.1, 0.15) is 4.99 Å². The maximum Gasteiger partial charge on any atom is 0.243 e. The quantitative estimate of drug-likeness (QED) is 0.847. The second-order valence-electron chi connectivity index (χ2n) is 5.09. The lowest BCUT2D eigenvalue weighted by Crippen LogP contribution is -2.48. The van der Waals surface area contributed by atoms with Gasteiger partial charge in [-0.1, -0.05) is 25.2 Å². The van der Waals surface area contributed by atoms with E-state index < -0.39 is 10.0 Å². The molecule has 0 radical (unpaired) electrons. The minimum Gasteiger partial charge on any atom is -0.389 e. The summed E-state index contributed by atoms with van der Waals surface area (Å²) in [6.07, 6.45) is 0.725. The topological polar surface area (TPSA) is 72.6 Å². The van der Waals surface area contributed by atoms with Crippen LogP contribution in [0.2, 0.25) is 0 Å². The fourth-order valence-electron chi connectivity index (χ4n) is 2.49. The number of thiocarbonyl (C=S) groups is 1. The summed E-state index contributed by atoms with van der Waals surface area (Å²) in [5.41, 5.74) is 7.09. The smallest absolute Gasteiger partial charge is 0.243 e. The molecule has 1 heterocycles. The van der Waals surface area contributed by atoms with E-state index in [0.29, 0.717) is 25.3 Å². The minimum absolute atomic E-state index is 0.112. The number of aryl methyl sites for hydroxylation is 1. The number of sulfonamides is 1. The van der Waals surface area contributed by atoms with Gasteiger partial charge in [0.2, 0.25) is 10.0 Å². The molecular weight excluding hydrogens is 308 g/mol. The van der Waals surface area contributed by atoms with Crippen molar-refractivity contribution in [1.82, 2.24) is 4.31 Å². The molecule has 2 N–H and O–H groups in total. The third-order valence-electron chi connectivity index (χ3n) is 3.71. The standard InChI is InChI=1S/C14H20N2O3S2/c1-3-11-9-19-7-6-16(11)21(17,18)12-4-5-13(14(15)20)10(2)8-12/h4-5,8,11H,3,6-7,9H2,1-2H3,(H2,15,20). The van der Waals surface area contributed by atoms with Crippen LogP contribution in [0.4, 0.5) is 0 Å². The van der Waals surface area contributed by atoms with Crippen molar-refractivity contribution in [3.8, 4) is 0 Å². The normalized spacial score (nSPS) is 20.4. The molecule has 0 amide bonds. The summed E-state index contributed by atoms with van der Waals surface area (Å²) in [4.78, 5) is 0.551.